The first-order valence-electron chi connectivity index (χ1n) is 5.80. The van der Waals surface area contributed by atoms with Crippen LogP contribution < -0.4 is 10.6 Å². The van der Waals surface area contributed by atoms with E-state index in [1.807, 2.05) is 25.1 Å². The maximum absolute atomic E-state index is 11.9. The molecule has 0 radical (unpaired) electrons. The summed E-state index contributed by atoms with van der Waals surface area (Å²) in [6.45, 7) is 2.51. The van der Waals surface area contributed by atoms with Crippen LogP contribution in [0.1, 0.15) is 30.1 Å². The standard InChI is InChI=1S/C13H20N2O2/c1-4-5-8-17-13(16)11-9-10(14)6-7-12(11)15(2)3/h6-7,9H,4-5,8,14H2,1-3H3. The Bertz CT molecular complexity index is 389. The van der Waals surface area contributed by atoms with Crippen LogP contribution in [0.25, 0.3) is 0 Å². The first-order valence-corrected chi connectivity index (χ1v) is 5.80. The second-order valence-corrected chi connectivity index (χ2v) is 4.16. The minimum Gasteiger partial charge on any atom is -0.462 e. The van der Waals surface area contributed by atoms with Gasteiger partial charge in [0.1, 0.15) is 0 Å². The molecule has 0 saturated carbocycles. The Morgan fingerprint density at radius 3 is 2.71 bits per heavy atom. The smallest absolute Gasteiger partial charge is 0.340 e. The molecular weight excluding hydrogens is 216 g/mol. The van der Waals surface area contributed by atoms with Crippen molar-refractivity contribution in [1.82, 2.24) is 0 Å². The van der Waals surface area contributed by atoms with Crippen molar-refractivity contribution in [3.05, 3.63) is 23.8 Å². The first kappa shape index (κ1) is 13.4. The lowest BCUT2D eigenvalue weighted by Gasteiger charge is -2.17. The summed E-state index contributed by atoms with van der Waals surface area (Å²) in [4.78, 5) is 13.8. The number of ether oxygens (including phenoxy) is 1. The van der Waals surface area contributed by atoms with Gasteiger partial charge in [-0.05, 0) is 24.6 Å². The molecule has 4 heteroatoms. The van der Waals surface area contributed by atoms with Gasteiger partial charge in [-0.2, -0.15) is 0 Å². The van der Waals surface area contributed by atoms with Crippen LogP contribution in [0.4, 0.5) is 11.4 Å². The van der Waals surface area contributed by atoms with Crippen LogP contribution in [0.2, 0.25) is 0 Å². The highest BCUT2D eigenvalue weighted by molar-refractivity contribution is 5.96. The van der Waals surface area contributed by atoms with Gasteiger partial charge in [0, 0.05) is 19.8 Å². The van der Waals surface area contributed by atoms with E-state index in [1.165, 1.54) is 0 Å². The number of benzene rings is 1. The summed E-state index contributed by atoms with van der Waals surface area (Å²) in [7, 11) is 3.77. The van der Waals surface area contributed by atoms with Gasteiger partial charge in [0.2, 0.25) is 0 Å². The van der Waals surface area contributed by atoms with E-state index in [0.29, 0.717) is 17.9 Å². The second-order valence-electron chi connectivity index (χ2n) is 4.16. The van der Waals surface area contributed by atoms with Crippen molar-refractivity contribution in [2.24, 2.45) is 0 Å². The maximum atomic E-state index is 11.9. The van der Waals surface area contributed by atoms with Crippen LogP contribution in [0.3, 0.4) is 0 Å². The Morgan fingerprint density at radius 1 is 1.41 bits per heavy atom. The molecule has 0 aliphatic carbocycles. The molecule has 0 fully saturated rings. The Kier molecular flexibility index (Phi) is 4.82. The molecule has 0 aromatic heterocycles. The highest BCUT2D eigenvalue weighted by Crippen LogP contribution is 2.22. The zero-order valence-corrected chi connectivity index (χ0v) is 10.7. The molecule has 2 N–H and O–H groups in total. The van der Waals surface area contributed by atoms with Crippen LogP contribution in [-0.4, -0.2) is 26.7 Å². The Balaban J connectivity index is 2.87. The Morgan fingerprint density at radius 2 is 2.12 bits per heavy atom. The summed E-state index contributed by atoms with van der Waals surface area (Å²) in [6.07, 6.45) is 1.89. The number of esters is 1. The van der Waals surface area contributed by atoms with Gasteiger partial charge in [-0.25, -0.2) is 4.79 Å². The Labute approximate surface area is 102 Å². The largest absolute Gasteiger partial charge is 0.462 e. The number of nitrogens with two attached hydrogens (primary N) is 1. The topological polar surface area (TPSA) is 55.6 Å². The van der Waals surface area contributed by atoms with Gasteiger partial charge in [0.05, 0.1) is 17.9 Å². The van der Waals surface area contributed by atoms with E-state index in [1.54, 1.807) is 12.1 Å². The summed E-state index contributed by atoms with van der Waals surface area (Å²) in [5.74, 6) is -0.311. The third-order valence-electron chi connectivity index (χ3n) is 2.45. The van der Waals surface area contributed by atoms with Crippen molar-refractivity contribution in [1.29, 1.82) is 0 Å². The van der Waals surface area contributed by atoms with Crippen LogP contribution in [0, 0.1) is 0 Å². The summed E-state index contributed by atoms with van der Waals surface area (Å²) < 4.78 is 5.19. The van der Waals surface area contributed by atoms with Crippen LogP contribution >= 0.6 is 0 Å². The lowest BCUT2D eigenvalue weighted by atomic mass is 10.1. The number of unbranched alkanes of at least 4 members (excludes halogenated alkanes) is 1. The number of rotatable bonds is 5. The minimum atomic E-state index is -0.311. The van der Waals surface area contributed by atoms with E-state index in [9.17, 15) is 4.79 Å². The fourth-order valence-corrected chi connectivity index (χ4v) is 1.49. The molecular formula is C13H20N2O2. The molecule has 0 bridgehead atoms. The number of nitrogen functional groups attached to an aromatic ring is 1. The quantitative estimate of drug-likeness (QED) is 0.484. The summed E-state index contributed by atoms with van der Waals surface area (Å²) in [6, 6.07) is 5.26. The van der Waals surface area contributed by atoms with Gasteiger partial charge < -0.3 is 15.4 Å². The van der Waals surface area contributed by atoms with Crippen LogP contribution in [0.5, 0.6) is 0 Å². The first-order chi connectivity index (χ1) is 8.06. The molecule has 0 atom stereocenters. The molecule has 1 aromatic carbocycles. The number of carbonyl (C=O) groups excluding carboxylic acids is 1. The molecule has 17 heavy (non-hydrogen) atoms. The van der Waals surface area contributed by atoms with Crippen molar-refractivity contribution in [2.45, 2.75) is 19.8 Å². The average Bonchev–Trinajstić information content (AvgIpc) is 2.28. The van der Waals surface area contributed by atoms with Crippen molar-refractivity contribution < 1.29 is 9.53 Å². The third-order valence-corrected chi connectivity index (χ3v) is 2.45. The molecule has 1 rings (SSSR count). The zero-order chi connectivity index (χ0) is 12.8. The van der Waals surface area contributed by atoms with Crippen molar-refractivity contribution in [2.75, 3.05) is 31.3 Å². The molecule has 0 saturated heterocycles. The molecule has 0 heterocycles. The molecule has 0 aliphatic heterocycles. The molecule has 94 valence electrons. The SMILES string of the molecule is CCCCOC(=O)c1cc(N)ccc1N(C)C. The van der Waals surface area contributed by atoms with E-state index in [-0.39, 0.29) is 5.97 Å². The van der Waals surface area contributed by atoms with Crippen LogP contribution in [-0.2, 0) is 4.74 Å². The molecule has 0 spiro atoms. The highest BCUT2D eigenvalue weighted by atomic mass is 16.5. The van der Waals surface area contributed by atoms with E-state index in [0.717, 1.165) is 18.5 Å². The summed E-state index contributed by atoms with van der Waals surface area (Å²) in [5, 5.41) is 0. The lowest BCUT2D eigenvalue weighted by Crippen LogP contribution is -2.16. The van der Waals surface area contributed by atoms with Gasteiger partial charge in [-0.15, -0.1) is 0 Å². The predicted molar refractivity (Wildman–Crippen MR) is 70.4 cm³/mol. The normalized spacial score (nSPS) is 10.1. The van der Waals surface area contributed by atoms with E-state index < -0.39 is 0 Å². The predicted octanol–water partition coefficient (Wildman–Crippen LogP) is 2.29. The van der Waals surface area contributed by atoms with Crippen molar-refractivity contribution in [3.8, 4) is 0 Å². The van der Waals surface area contributed by atoms with Gasteiger partial charge in [0.15, 0.2) is 0 Å². The second kappa shape index (κ2) is 6.13. The fraction of sp³-hybridized carbons (Fsp3) is 0.462. The molecule has 1 aromatic rings. The molecule has 0 amide bonds. The van der Waals surface area contributed by atoms with E-state index >= 15 is 0 Å². The maximum Gasteiger partial charge on any atom is 0.340 e. The number of nitrogens with zero attached hydrogens (tertiary/aromatic N) is 1. The summed E-state index contributed by atoms with van der Waals surface area (Å²) in [5.41, 5.74) is 7.60. The zero-order valence-electron chi connectivity index (χ0n) is 10.7. The minimum absolute atomic E-state index is 0.311. The number of hydrogen-bond donors (Lipinski definition) is 1. The number of hydrogen-bond acceptors (Lipinski definition) is 4. The number of anilines is 2. The fourth-order valence-electron chi connectivity index (χ4n) is 1.49. The van der Waals surface area contributed by atoms with Gasteiger partial charge >= 0.3 is 5.97 Å². The highest BCUT2D eigenvalue weighted by Gasteiger charge is 2.14. The van der Waals surface area contributed by atoms with Crippen molar-refractivity contribution in [3.63, 3.8) is 0 Å². The van der Waals surface area contributed by atoms with E-state index in [4.69, 9.17) is 10.5 Å². The average molecular weight is 236 g/mol. The van der Waals surface area contributed by atoms with Gasteiger partial charge in [-0.1, -0.05) is 13.3 Å². The summed E-state index contributed by atoms with van der Waals surface area (Å²) >= 11 is 0. The monoisotopic (exact) mass is 236 g/mol. The molecule has 4 nitrogen and oxygen atoms in total. The lowest BCUT2D eigenvalue weighted by molar-refractivity contribution is 0.0500. The van der Waals surface area contributed by atoms with E-state index in [2.05, 4.69) is 6.92 Å². The molecule has 0 aliphatic rings. The number of carbonyl (C=O) groups is 1. The van der Waals surface area contributed by atoms with Gasteiger partial charge in [0.25, 0.3) is 0 Å². The Hall–Kier alpha value is -1.71. The van der Waals surface area contributed by atoms with Gasteiger partial charge in [-0.3, -0.25) is 0 Å². The molecule has 0 unspecified atom stereocenters. The van der Waals surface area contributed by atoms with Crippen LogP contribution in [0.15, 0.2) is 18.2 Å². The van der Waals surface area contributed by atoms with Crippen molar-refractivity contribution >= 4 is 17.3 Å². The third kappa shape index (κ3) is 3.66.